The molecule has 0 radical (unpaired) electrons. The number of ether oxygens (including phenoxy) is 1. The summed E-state index contributed by atoms with van der Waals surface area (Å²) in [5.74, 6) is -1.04. The van der Waals surface area contributed by atoms with Crippen molar-refractivity contribution in [3.63, 3.8) is 0 Å². The van der Waals surface area contributed by atoms with Crippen molar-refractivity contribution in [2.24, 2.45) is 0 Å². The summed E-state index contributed by atoms with van der Waals surface area (Å²) in [6.45, 7) is 6.19. The van der Waals surface area contributed by atoms with Gasteiger partial charge in [0.15, 0.2) is 0 Å². The van der Waals surface area contributed by atoms with Crippen LogP contribution >= 0.6 is 0 Å². The zero-order chi connectivity index (χ0) is 12.3. The highest BCUT2D eigenvalue weighted by atomic mass is 16.5. The second-order valence-electron chi connectivity index (χ2n) is 4.17. The van der Waals surface area contributed by atoms with Gasteiger partial charge in [-0.15, -0.1) is 0 Å². The molecule has 0 aromatic carbocycles. The Kier molecular flexibility index (Phi) is 4.12. The molecule has 2 amide bonds. The lowest BCUT2D eigenvalue weighted by Gasteiger charge is -2.35. The summed E-state index contributed by atoms with van der Waals surface area (Å²) in [5.41, 5.74) is 0. The highest BCUT2D eigenvalue weighted by molar-refractivity contribution is 5.82. The Morgan fingerprint density at radius 1 is 1.38 bits per heavy atom. The number of carboxylic acids is 1. The Hall–Kier alpha value is -1.30. The van der Waals surface area contributed by atoms with Gasteiger partial charge in [0.2, 0.25) is 0 Å². The van der Waals surface area contributed by atoms with Crippen LogP contribution in [0, 0.1) is 0 Å². The molecule has 1 unspecified atom stereocenters. The van der Waals surface area contributed by atoms with E-state index in [1.54, 1.807) is 4.90 Å². The van der Waals surface area contributed by atoms with Crippen LogP contribution in [-0.2, 0) is 9.53 Å². The van der Waals surface area contributed by atoms with E-state index in [4.69, 9.17) is 9.84 Å². The second-order valence-corrected chi connectivity index (χ2v) is 4.17. The molecule has 1 fully saturated rings. The second kappa shape index (κ2) is 5.16. The first-order valence-electron chi connectivity index (χ1n) is 5.34. The van der Waals surface area contributed by atoms with Crippen LogP contribution in [0.5, 0.6) is 0 Å². The van der Waals surface area contributed by atoms with E-state index in [1.165, 1.54) is 6.92 Å². The fourth-order valence-corrected chi connectivity index (χ4v) is 1.68. The standard InChI is InChI=1S/C10H18N2O4/c1-6-4-12(5-7(2)16-6)10(15)11-8(3)9(13)14/h6-8H,4-5H2,1-3H3,(H,11,15)(H,13,14)/t6-,7+,8?. The molecule has 0 aromatic rings. The smallest absolute Gasteiger partial charge is 0.325 e. The molecule has 1 aliphatic rings. The van der Waals surface area contributed by atoms with E-state index in [9.17, 15) is 9.59 Å². The van der Waals surface area contributed by atoms with Crippen LogP contribution in [0.15, 0.2) is 0 Å². The Balaban J connectivity index is 2.50. The third kappa shape index (κ3) is 3.37. The number of rotatable bonds is 2. The Bertz CT molecular complexity index is 272. The summed E-state index contributed by atoms with van der Waals surface area (Å²) in [5, 5.41) is 11.1. The predicted molar refractivity (Wildman–Crippen MR) is 57.2 cm³/mol. The molecule has 0 saturated carbocycles. The minimum atomic E-state index is -1.04. The normalized spacial score (nSPS) is 27.3. The van der Waals surface area contributed by atoms with Crippen LogP contribution < -0.4 is 5.32 Å². The molecule has 6 heteroatoms. The number of hydrogen-bond donors (Lipinski definition) is 2. The number of carbonyl (C=O) groups excluding carboxylic acids is 1. The fourth-order valence-electron chi connectivity index (χ4n) is 1.68. The topological polar surface area (TPSA) is 78.9 Å². The lowest BCUT2D eigenvalue weighted by atomic mass is 10.2. The summed E-state index contributed by atoms with van der Waals surface area (Å²) in [4.78, 5) is 23.9. The zero-order valence-electron chi connectivity index (χ0n) is 9.77. The Labute approximate surface area is 94.6 Å². The maximum Gasteiger partial charge on any atom is 0.325 e. The van der Waals surface area contributed by atoms with Gasteiger partial charge in [-0.1, -0.05) is 0 Å². The van der Waals surface area contributed by atoms with Crippen LogP contribution in [-0.4, -0.2) is 53.3 Å². The van der Waals surface area contributed by atoms with Crippen molar-refractivity contribution >= 4 is 12.0 Å². The largest absolute Gasteiger partial charge is 0.480 e. The van der Waals surface area contributed by atoms with Crippen LogP contribution in [0.25, 0.3) is 0 Å². The van der Waals surface area contributed by atoms with Crippen molar-refractivity contribution in [3.8, 4) is 0 Å². The van der Waals surface area contributed by atoms with Gasteiger partial charge in [0.25, 0.3) is 0 Å². The van der Waals surface area contributed by atoms with E-state index < -0.39 is 12.0 Å². The molecule has 1 heterocycles. The highest BCUT2D eigenvalue weighted by Gasteiger charge is 2.27. The third-order valence-corrected chi connectivity index (χ3v) is 2.42. The van der Waals surface area contributed by atoms with E-state index in [0.29, 0.717) is 13.1 Å². The van der Waals surface area contributed by atoms with Crippen LogP contribution in [0.2, 0.25) is 0 Å². The number of nitrogens with one attached hydrogen (secondary N) is 1. The summed E-state index contributed by atoms with van der Waals surface area (Å²) in [7, 11) is 0. The van der Waals surface area contributed by atoms with Crippen molar-refractivity contribution in [1.82, 2.24) is 10.2 Å². The number of nitrogens with zero attached hydrogens (tertiary/aromatic N) is 1. The predicted octanol–water partition coefficient (Wildman–Crippen LogP) is 0.278. The van der Waals surface area contributed by atoms with Gasteiger partial charge < -0.3 is 20.1 Å². The number of aliphatic carboxylic acids is 1. The Morgan fingerprint density at radius 2 is 1.88 bits per heavy atom. The SMILES string of the molecule is CC(NC(=O)N1C[C@@H](C)O[C@@H](C)C1)C(=O)O. The maximum absolute atomic E-state index is 11.7. The summed E-state index contributed by atoms with van der Waals surface area (Å²) < 4.78 is 5.48. The van der Waals surface area contributed by atoms with Crippen molar-refractivity contribution < 1.29 is 19.4 Å². The summed E-state index contributed by atoms with van der Waals surface area (Å²) in [6, 6.07) is -1.22. The van der Waals surface area contributed by atoms with Crippen LogP contribution in [0.3, 0.4) is 0 Å². The highest BCUT2D eigenvalue weighted by Crippen LogP contribution is 2.10. The van der Waals surface area contributed by atoms with Gasteiger partial charge in [-0.25, -0.2) is 4.79 Å². The first-order valence-corrected chi connectivity index (χ1v) is 5.34. The summed E-state index contributed by atoms with van der Waals surface area (Å²) in [6.07, 6.45) is -0.0377. The van der Waals surface area contributed by atoms with Crippen LogP contribution in [0.4, 0.5) is 4.79 Å². The molecular formula is C10H18N2O4. The molecule has 3 atom stereocenters. The van der Waals surface area contributed by atoms with Crippen molar-refractivity contribution in [2.75, 3.05) is 13.1 Å². The molecule has 16 heavy (non-hydrogen) atoms. The van der Waals surface area contributed by atoms with E-state index in [0.717, 1.165) is 0 Å². The molecule has 1 saturated heterocycles. The number of urea groups is 1. The summed E-state index contributed by atoms with van der Waals surface area (Å²) >= 11 is 0. The van der Waals surface area contributed by atoms with Gasteiger partial charge in [0.05, 0.1) is 12.2 Å². The lowest BCUT2D eigenvalue weighted by Crippen LogP contribution is -2.54. The molecule has 0 spiro atoms. The van der Waals surface area contributed by atoms with E-state index in [2.05, 4.69) is 5.32 Å². The molecule has 6 nitrogen and oxygen atoms in total. The molecule has 92 valence electrons. The van der Waals surface area contributed by atoms with Gasteiger partial charge in [-0.3, -0.25) is 4.79 Å². The quantitative estimate of drug-likeness (QED) is 0.714. The molecule has 0 bridgehead atoms. The number of carbonyl (C=O) groups is 2. The lowest BCUT2D eigenvalue weighted by molar-refractivity contribution is -0.138. The fraction of sp³-hybridized carbons (Fsp3) is 0.800. The minimum Gasteiger partial charge on any atom is -0.480 e. The van der Waals surface area contributed by atoms with Crippen molar-refractivity contribution in [2.45, 2.75) is 39.0 Å². The van der Waals surface area contributed by atoms with E-state index in [-0.39, 0.29) is 18.2 Å². The first-order chi connectivity index (χ1) is 7.40. The molecule has 1 rings (SSSR count). The van der Waals surface area contributed by atoms with Crippen molar-refractivity contribution in [1.29, 1.82) is 0 Å². The van der Waals surface area contributed by atoms with Gasteiger partial charge in [0, 0.05) is 13.1 Å². The number of morpholine rings is 1. The average molecular weight is 230 g/mol. The number of carboxylic acid groups (broad SMARTS) is 1. The molecule has 0 aromatic heterocycles. The van der Waals surface area contributed by atoms with E-state index >= 15 is 0 Å². The van der Waals surface area contributed by atoms with Gasteiger partial charge in [-0.2, -0.15) is 0 Å². The molecule has 0 aliphatic carbocycles. The monoisotopic (exact) mass is 230 g/mol. The zero-order valence-corrected chi connectivity index (χ0v) is 9.77. The first kappa shape index (κ1) is 12.8. The van der Waals surface area contributed by atoms with Crippen LogP contribution in [0.1, 0.15) is 20.8 Å². The molecule has 1 aliphatic heterocycles. The molecular weight excluding hydrogens is 212 g/mol. The number of amides is 2. The molecule has 2 N–H and O–H groups in total. The maximum atomic E-state index is 11.7. The average Bonchev–Trinajstić information content (AvgIpc) is 2.15. The Morgan fingerprint density at radius 3 is 2.31 bits per heavy atom. The van der Waals surface area contributed by atoms with Crippen molar-refractivity contribution in [3.05, 3.63) is 0 Å². The number of hydrogen-bond acceptors (Lipinski definition) is 3. The van der Waals surface area contributed by atoms with Gasteiger partial charge in [0.1, 0.15) is 6.04 Å². The van der Waals surface area contributed by atoms with Gasteiger partial charge in [-0.05, 0) is 20.8 Å². The third-order valence-electron chi connectivity index (χ3n) is 2.42. The minimum absolute atomic E-state index is 0.0189. The van der Waals surface area contributed by atoms with Gasteiger partial charge >= 0.3 is 12.0 Å². The van der Waals surface area contributed by atoms with E-state index in [1.807, 2.05) is 13.8 Å².